The van der Waals surface area contributed by atoms with Crippen LogP contribution in [0.15, 0.2) is 42.9 Å². The molecule has 1 aliphatic heterocycles. The summed E-state index contributed by atoms with van der Waals surface area (Å²) in [5, 5.41) is 8.51. The molecule has 3 N–H and O–H groups in total. The average molecular weight is 497 g/mol. The second-order valence-electron chi connectivity index (χ2n) is 8.99. The summed E-state index contributed by atoms with van der Waals surface area (Å²) in [6.45, 7) is 4.48. The van der Waals surface area contributed by atoms with Gasteiger partial charge >= 0.3 is 5.97 Å². The van der Waals surface area contributed by atoms with Crippen LogP contribution >= 0.6 is 11.6 Å². The number of nitrogens with one attached hydrogen (secondary N) is 1. The lowest BCUT2D eigenvalue weighted by molar-refractivity contribution is -0.154. The largest absolute Gasteiger partial charge is 0.454 e. The minimum absolute atomic E-state index is 0.0513. The standard InChI is InChI=1S/C25H29ClN6O3/c1-15(2)22(27)25(34)35-13-20(33)32-11-8-17(9-12-32)24-21(19-7-10-28-14-29-19)23(30-31-24)16-3-5-18(26)6-4-16/h3-7,10,14-15,17,22H,8-9,11-13,27H2,1-2H3,(H,30,31). The Morgan fingerprint density at radius 2 is 1.91 bits per heavy atom. The first-order chi connectivity index (χ1) is 16.8. The fourth-order valence-corrected chi connectivity index (χ4v) is 4.30. The summed E-state index contributed by atoms with van der Waals surface area (Å²) in [5.74, 6) is -0.653. The zero-order valence-electron chi connectivity index (χ0n) is 19.8. The van der Waals surface area contributed by atoms with Gasteiger partial charge in [0.1, 0.15) is 18.1 Å². The summed E-state index contributed by atoms with van der Waals surface area (Å²) in [6.07, 6.45) is 4.71. The number of hydrogen-bond acceptors (Lipinski definition) is 7. The lowest BCUT2D eigenvalue weighted by Gasteiger charge is -2.32. The molecule has 3 aromatic rings. The highest BCUT2D eigenvalue weighted by molar-refractivity contribution is 6.30. The summed E-state index contributed by atoms with van der Waals surface area (Å²) in [4.78, 5) is 34.8. The third-order valence-corrected chi connectivity index (χ3v) is 6.59. The molecule has 4 rings (SSSR count). The monoisotopic (exact) mass is 496 g/mol. The summed E-state index contributed by atoms with van der Waals surface area (Å²) in [6, 6.07) is 8.66. The Labute approximate surface area is 209 Å². The maximum atomic E-state index is 12.6. The van der Waals surface area contributed by atoms with Crippen LogP contribution in [0, 0.1) is 5.92 Å². The van der Waals surface area contributed by atoms with E-state index in [1.807, 2.05) is 44.2 Å². The SMILES string of the molecule is CC(C)C(N)C(=O)OCC(=O)N1CCC(c2[nH]nc(-c3ccc(Cl)cc3)c2-c2ccncn2)CC1. The van der Waals surface area contributed by atoms with Gasteiger partial charge in [0.15, 0.2) is 6.61 Å². The third-order valence-electron chi connectivity index (χ3n) is 6.33. The summed E-state index contributed by atoms with van der Waals surface area (Å²) in [7, 11) is 0. The van der Waals surface area contributed by atoms with Gasteiger partial charge in [-0.3, -0.25) is 14.7 Å². The van der Waals surface area contributed by atoms with Gasteiger partial charge in [-0.05, 0) is 37.0 Å². The number of aromatic amines is 1. The van der Waals surface area contributed by atoms with E-state index < -0.39 is 12.0 Å². The van der Waals surface area contributed by atoms with Crippen molar-refractivity contribution >= 4 is 23.5 Å². The molecule has 0 spiro atoms. The summed E-state index contributed by atoms with van der Waals surface area (Å²) in [5.41, 5.74) is 10.2. The maximum absolute atomic E-state index is 12.6. The lowest BCUT2D eigenvalue weighted by Crippen LogP contribution is -2.42. The number of likely N-dealkylation sites (tertiary alicyclic amines) is 1. The topological polar surface area (TPSA) is 127 Å². The highest BCUT2D eigenvalue weighted by Crippen LogP contribution is 2.39. The van der Waals surface area contributed by atoms with Crippen molar-refractivity contribution in [3.05, 3.63) is 53.6 Å². The Morgan fingerprint density at radius 3 is 2.54 bits per heavy atom. The number of rotatable bonds is 7. The average Bonchev–Trinajstić information content (AvgIpc) is 3.32. The molecule has 0 saturated carbocycles. The molecule has 3 heterocycles. The van der Waals surface area contributed by atoms with Crippen molar-refractivity contribution in [2.75, 3.05) is 19.7 Å². The fourth-order valence-electron chi connectivity index (χ4n) is 4.18. The van der Waals surface area contributed by atoms with E-state index in [1.165, 1.54) is 6.33 Å². The van der Waals surface area contributed by atoms with Gasteiger partial charge in [-0.25, -0.2) is 9.97 Å². The van der Waals surface area contributed by atoms with Crippen molar-refractivity contribution in [2.45, 2.75) is 38.6 Å². The minimum atomic E-state index is -0.732. The molecule has 1 fully saturated rings. The van der Waals surface area contributed by atoms with E-state index in [0.717, 1.165) is 41.1 Å². The Hall–Kier alpha value is -3.30. The van der Waals surface area contributed by atoms with E-state index in [-0.39, 0.29) is 24.3 Å². The van der Waals surface area contributed by atoms with Crippen molar-refractivity contribution in [2.24, 2.45) is 11.7 Å². The number of aromatic nitrogens is 4. The minimum Gasteiger partial charge on any atom is -0.454 e. The molecule has 1 saturated heterocycles. The highest BCUT2D eigenvalue weighted by Gasteiger charge is 2.30. The molecule has 1 aromatic carbocycles. The molecule has 184 valence electrons. The van der Waals surface area contributed by atoms with Crippen LogP contribution in [-0.4, -0.2) is 62.7 Å². The normalized spacial score (nSPS) is 15.3. The zero-order valence-corrected chi connectivity index (χ0v) is 20.5. The number of carbonyl (C=O) groups is 2. The first kappa shape index (κ1) is 24.8. The molecule has 0 bridgehead atoms. The summed E-state index contributed by atoms with van der Waals surface area (Å²) >= 11 is 6.08. The highest BCUT2D eigenvalue weighted by atomic mass is 35.5. The molecule has 2 aromatic heterocycles. The molecule has 1 atom stereocenters. The number of piperidine rings is 1. The summed E-state index contributed by atoms with van der Waals surface area (Å²) < 4.78 is 5.13. The van der Waals surface area contributed by atoms with Crippen LogP contribution in [0.5, 0.6) is 0 Å². The van der Waals surface area contributed by atoms with Gasteiger partial charge in [-0.1, -0.05) is 37.6 Å². The van der Waals surface area contributed by atoms with E-state index >= 15 is 0 Å². The predicted molar refractivity (Wildman–Crippen MR) is 132 cm³/mol. The molecular formula is C25H29ClN6O3. The van der Waals surface area contributed by atoms with Gasteiger partial charge in [-0.2, -0.15) is 5.10 Å². The van der Waals surface area contributed by atoms with Crippen LogP contribution in [0.2, 0.25) is 5.02 Å². The Kier molecular flexibility index (Phi) is 7.77. The molecule has 35 heavy (non-hydrogen) atoms. The Bertz CT molecular complexity index is 1160. The number of nitrogens with two attached hydrogens (primary N) is 1. The molecule has 0 aliphatic carbocycles. The van der Waals surface area contributed by atoms with Gasteiger partial charge in [-0.15, -0.1) is 0 Å². The van der Waals surface area contributed by atoms with E-state index in [1.54, 1.807) is 11.1 Å². The van der Waals surface area contributed by atoms with Gasteiger partial charge < -0.3 is 15.4 Å². The van der Waals surface area contributed by atoms with Crippen LogP contribution in [0.1, 0.15) is 38.3 Å². The quantitative estimate of drug-likeness (QED) is 0.480. The number of carbonyl (C=O) groups excluding carboxylic acids is 2. The molecule has 10 heteroatoms. The Morgan fingerprint density at radius 1 is 1.20 bits per heavy atom. The smallest absolute Gasteiger partial charge is 0.323 e. The van der Waals surface area contributed by atoms with Gasteiger partial charge in [0.25, 0.3) is 5.91 Å². The Balaban J connectivity index is 1.47. The van der Waals surface area contributed by atoms with Crippen LogP contribution in [0.3, 0.4) is 0 Å². The zero-order chi connectivity index (χ0) is 24.9. The fraction of sp³-hybridized carbons (Fsp3) is 0.400. The second-order valence-corrected chi connectivity index (χ2v) is 9.43. The number of benzene rings is 1. The van der Waals surface area contributed by atoms with Crippen molar-refractivity contribution < 1.29 is 14.3 Å². The van der Waals surface area contributed by atoms with Crippen molar-refractivity contribution in [1.82, 2.24) is 25.1 Å². The maximum Gasteiger partial charge on any atom is 0.323 e. The number of halogens is 1. The van der Waals surface area contributed by atoms with E-state index in [2.05, 4.69) is 20.2 Å². The van der Waals surface area contributed by atoms with Gasteiger partial charge in [0.2, 0.25) is 0 Å². The van der Waals surface area contributed by atoms with Crippen LogP contribution in [0.4, 0.5) is 0 Å². The number of esters is 1. The van der Waals surface area contributed by atoms with Gasteiger partial charge in [0, 0.05) is 47.0 Å². The molecule has 0 radical (unpaired) electrons. The number of hydrogen-bond donors (Lipinski definition) is 2. The van der Waals surface area contributed by atoms with Crippen molar-refractivity contribution in [3.63, 3.8) is 0 Å². The second kappa shape index (κ2) is 11.0. The van der Waals surface area contributed by atoms with Crippen molar-refractivity contribution in [3.8, 4) is 22.5 Å². The van der Waals surface area contributed by atoms with E-state index in [9.17, 15) is 9.59 Å². The number of ether oxygens (including phenoxy) is 1. The van der Waals surface area contributed by atoms with Gasteiger partial charge in [0.05, 0.1) is 5.69 Å². The lowest BCUT2D eigenvalue weighted by atomic mass is 9.89. The van der Waals surface area contributed by atoms with Crippen LogP contribution < -0.4 is 5.73 Å². The van der Waals surface area contributed by atoms with E-state index in [4.69, 9.17) is 22.1 Å². The first-order valence-corrected chi connectivity index (χ1v) is 12.0. The van der Waals surface area contributed by atoms with Crippen molar-refractivity contribution in [1.29, 1.82) is 0 Å². The third kappa shape index (κ3) is 5.68. The number of amides is 1. The van der Waals surface area contributed by atoms with Crippen LogP contribution in [-0.2, 0) is 14.3 Å². The first-order valence-electron chi connectivity index (χ1n) is 11.7. The molecule has 1 aliphatic rings. The van der Waals surface area contributed by atoms with Crippen LogP contribution in [0.25, 0.3) is 22.5 Å². The van der Waals surface area contributed by atoms with E-state index in [0.29, 0.717) is 18.1 Å². The molecule has 1 amide bonds. The molecule has 9 nitrogen and oxygen atoms in total. The number of H-pyrrole nitrogens is 1. The molecular weight excluding hydrogens is 468 g/mol. The predicted octanol–water partition coefficient (Wildman–Crippen LogP) is 3.42. The molecule has 1 unspecified atom stereocenters. The number of nitrogens with zero attached hydrogens (tertiary/aromatic N) is 4.